The Bertz CT molecular complexity index is 716. The van der Waals surface area contributed by atoms with Crippen LogP contribution < -0.4 is 5.32 Å². The summed E-state index contributed by atoms with van der Waals surface area (Å²) in [4.78, 5) is 24.3. The molecular formula is C17H18N2O3. The number of nitrogens with one attached hydrogen (secondary N) is 1. The lowest BCUT2D eigenvalue weighted by atomic mass is 10.1. The number of carbonyl (C=O) groups is 2. The van der Waals surface area contributed by atoms with Crippen molar-refractivity contribution in [2.24, 2.45) is 0 Å². The topological polar surface area (TPSA) is 62.6 Å². The molecule has 1 aliphatic rings. The molecule has 0 radical (unpaired) electrons. The summed E-state index contributed by atoms with van der Waals surface area (Å²) in [6, 6.07) is 9.52. The normalized spacial score (nSPS) is 13.6. The Labute approximate surface area is 128 Å². The zero-order chi connectivity index (χ0) is 15.7. The van der Waals surface area contributed by atoms with Crippen molar-refractivity contribution >= 4 is 17.5 Å². The van der Waals surface area contributed by atoms with Gasteiger partial charge >= 0.3 is 0 Å². The molecule has 22 heavy (non-hydrogen) atoms. The van der Waals surface area contributed by atoms with E-state index in [4.69, 9.17) is 4.42 Å². The van der Waals surface area contributed by atoms with Gasteiger partial charge in [-0.2, -0.15) is 0 Å². The third kappa shape index (κ3) is 2.88. The molecule has 5 nitrogen and oxygen atoms in total. The number of anilines is 1. The summed E-state index contributed by atoms with van der Waals surface area (Å²) in [5.74, 6) is 1.75. The molecule has 0 unspecified atom stereocenters. The van der Waals surface area contributed by atoms with Gasteiger partial charge in [-0.15, -0.1) is 0 Å². The Kier molecular flexibility index (Phi) is 3.71. The van der Waals surface area contributed by atoms with Gasteiger partial charge in [0, 0.05) is 50.2 Å². The number of amides is 2. The summed E-state index contributed by atoms with van der Waals surface area (Å²) in [7, 11) is 0. The van der Waals surface area contributed by atoms with Gasteiger partial charge in [-0.1, -0.05) is 0 Å². The van der Waals surface area contributed by atoms with Crippen LogP contribution in [0.25, 0.3) is 11.3 Å². The lowest BCUT2D eigenvalue weighted by Crippen LogP contribution is -2.33. The van der Waals surface area contributed by atoms with Crippen LogP contribution in [0.1, 0.15) is 25.2 Å². The molecule has 0 atom stereocenters. The quantitative estimate of drug-likeness (QED) is 0.927. The largest absolute Gasteiger partial charge is 0.461 e. The molecule has 1 aromatic carbocycles. The van der Waals surface area contributed by atoms with E-state index in [-0.39, 0.29) is 11.8 Å². The maximum Gasteiger partial charge on any atom is 0.221 e. The Balaban J connectivity index is 1.82. The molecule has 1 N–H and O–H groups in total. The molecule has 0 bridgehead atoms. The number of furan rings is 1. The number of hydrogen-bond donors (Lipinski definition) is 1. The van der Waals surface area contributed by atoms with Crippen molar-refractivity contribution in [3.05, 3.63) is 41.7 Å². The highest BCUT2D eigenvalue weighted by atomic mass is 16.3. The maximum absolute atomic E-state index is 11.5. The van der Waals surface area contributed by atoms with Crippen molar-refractivity contribution in [1.29, 1.82) is 0 Å². The van der Waals surface area contributed by atoms with Gasteiger partial charge in [0.15, 0.2) is 0 Å². The molecule has 2 heterocycles. The van der Waals surface area contributed by atoms with Crippen LogP contribution in [0.3, 0.4) is 0 Å². The van der Waals surface area contributed by atoms with Gasteiger partial charge in [0.05, 0.1) is 0 Å². The first-order chi connectivity index (χ1) is 10.5. The smallest absolute Gasteiger partial charge is 0.221 e. The third-order valence-corrected chi connectivity index (χ3v) is 3.80. The summed E-state index contributed by atoms with van der Waals surface area (Å²) < 4.78 is 5.92. The fraction of sp³-hybridized carbons (Fsp3) is 0.294. The van der Waals surface area contributed by atoms with E-state index in [1.807, 2.05) is 35.2 Å². The van der Waals surface area contributed by atoms with Gasteiger partial charge in [-0.05, 0) is 30.3 Å². The molecule has 114 valence electrons. The van der Waals surface area contributed by atoms with Crippen LogP contribution in [0, 0.1) is 0 Å². The van der Waals surface area contributed by atoms with E-state index in [0.717, 1.165) is 34.8 Å². The summed E-state index contributed by atoms with van der Waals surface area (Å²) in [5, 5.41) is 2.74. The molecule has 0 fully saturated rings. The Hall–Kier alpha value is -2.56. The molecule has 2 aromatic rings. The first-order valence-corrected chi connectivity index (χ1v) is 7.28. The Morgan fingerprint density at radius 3 is 2.55 bits per heavy atom. The van der Waals surface area contributed by atoms with Crippen molar-refractivity contribution in [1.82, 2.24) is 4.90 Å². The second kappa shape index (κ2) is 5.67. The number of rotatable bonds is 2. The standard InChI is InChI=1S/C17H18N2O3/c1-11(20)18-15-5-3-13(4-6-15)17-9-14-10-19(12(2)21)8-7-16(14)22-17/h3-6,9H,7-8,10H2,1-2H3,(H,18,20). The number of benzene rings is 1. The van der Waals surface area contributed by atoms with Crippen molar-refractivity contribution in [2.75, 3.05) is 11.9 Å². The second-order valence-electron chi connectivity index (χ2n) is 5.51. The van der Waals surface area contributed by atoms with Crippen molar-refractivity contribution in [3.8, 4) is 11.3 Å². The van der Waals surface area contributed by atoms with Crippen LogP contribution in [0.15, 0.2) is 34.7 Å². The van der Waals surface area contributed by atoms with Crippen LogP contribution in [0.2, 0.25) is 0 Å². The number of hydrogen-bond acceptors (Lipinski definition) is 3. The molecule has 1 aliphatic heterocycles. The monoisotopic (exact) mass is 298 g/mol. The average Bonchev–Trinajstić information content (AvgIpc) is 2.90. The van der Waals surface area contributed by atoms with Crippen molar-refractivity contribution < 1.29 is 14.0 Å². The summed E-state index contributed by atoms with van der Waals surface area (Å²) in [5.41, 5.74) is 2.79. The van der Waals surface area contributed by atoms with Gasteiger partial charge < -0.3 is 14.6 Å². The van der Waals surface area contributed by atoms with Gasteiger partial charge in [0.2, 0.25) is 11.8 Å². The molecule has 0 saturated heterocycles. The highest BCUT2D eigenvalue weighted by molar-refractivity contribution is 5.88. The molecule has 1 aromatic heterocycles. The first-order valence-electron chi connectivity index (χ1n) is 7.28. The van der Waals surface area contributed by atoms with Crippen LogP contribution in [0.5, 0.6) is 0 Å². The summed E-state index contributed by atoms with van der Waals surface area (Å²) in [6.07, 6.45) is 0.749. The highest BCUT2D eigenvalue weighted by Gasteiger charge is 2.22. The van der Waals surface area contributed by atoms with E-state index >= 15 is 0 Å². The van der Waals surface area contributed by atoms with Crippen molar-refractivity contribution in [2.45, 2.75) is 26.8 Å². The van der Waals surface area contributed by atoms with E-state index in [0.29, 0.717) is 13.1 Å². The molecule has 5 heteroatoms. The minimum atomic E-state index is -0.0921. The van der Waals surface area contributed by atoms with Gasteiger partial charge in [0.25, 0.3) is 0 Å². The number of fused-ring (bicyclic) bond motifs is 1. The molecule has 0 saturated carbocycles. The third-order valence-electron chi connectivity index (χ3n) is 3.80. The lowest BCUT2D eigenvalue weighted by Gasteiger charge is -2.24. The minimum Gasteiger partial charge on any atom is -0.461 e. The zero-order valence-electron chi connectivity index (χ0n) is 12.7. The second-order valence-corrected chi connectivity index (χ2v) is 5.51. The summed E-state index contributed by atoms with van der Waals surface area (Å²) >= 11 is 0. The molecular weight excluding hydrogens is 280 g/mol. The van der Waals surface area contributed by atoms with E-state index in [9.17, 15) is 9.59 Å². The molecule has 2 amide bonds. The van der Waals surface area contributed by atoms with Crippen LogP contribution in [-0.4, -0.2) is 23.3 Å². The van der Waals surface area contributed by atoms with E-state index in [2.05, 4.69) is 5.32 Å². The lowest BCUT2D eigenvalue weighted by molar-refractivity contribution is -0.129. The highest BCUT2D eigenvalue weighted by Crippen LogP contribution is 2.30. The van der Waals surface area contributed by atoms with Crippen LogP contribution in [0.4, 0.5) is 5.69 Å². The predicted octanol–water partition coefficient (Wildman–Crippen LogP) is 2.81. The Morgan fingerprint density at radius 2 is 1.91 bits per heavy atom. The van der Waals surface area contributed by atoms with E-state index in [1.165, 1.54) is 6.92 Å². The van der Waals surface area contributed by atoms with Gasteiger partial charge in [-0.25, -0.2) is 0 Å². The van der Waals surface area contributed by atoms with E-state index in [1.54, 1.807) is 6.92 Å². The minimum absolute atomic E-state index is 0.0908. The van der Waals surface area contributed by atoms with Crippen LogP contribution >= 0.6 is 0 Å². The van der Waals surface area contributed by atoms with Crippen LogP contribution in [-0.2, 0) is 22.6 Å². The fourth-order valence-corrected chi connectivity index (χ4v) is 2.67. The molecule has 0 spiro atoms. The van der Waals surface area contributed by atoms with Gasteiger partial charge in [0.1, 0.15) is 11.5 Å². The fourth-order valence-electron chi connectivity index (χ4n) is 2.67. The zero-order valence-corrected chi connectivity index (χ0v) is 12.7. The van der Waals surface area contributed by atoms with Crippen molar-refractivity contribution in [3.63, 3.8) is 0 Å². The average molecular weight is 298 g/mol. The SMILES string of the molecule is CC(=O)Nc1ccc(-c2cc3c(o2)CCN(C(C)=O)C3)cc1. The molecule has 3 rings (SSSR count). The van der Waals surface area contributed by atoms with Gasteiger partial charge in [-0.3, -0.25) is 9.59 Å². The number of carbonyl (C=O) groups excluding carboxylic acids is 2. The Morgan fingerprint density at radius 1 is 1.18 bits per heavy atom. The first kappa shape index (κ1) is 14.4. The molecule has 0 aliphatic carbocycles. The summed E-state index contributed by atoms with van der Waals surface area (Å²) in [6.45, 7) is 4.39. The van der Waals surface area contributed by atoms with E-state index < -0.39 is 0 Å². The predicted molar refractivity (Wildman–Crippen MR) is 83.2 cm³/mol. The maximum atomic E-state index is 11.5. The number of nitrogens with zero attached hydrogens (tertiary/aromatic N) is 1.